The second-order valence-electron chi connectivity index (χ2n) is 5.16. The van der Waals surface area contributed by atoms with Crippen molar-refractivity contribution in [3.05, 3.63) is 36.8 Å². The van der Waals surface area contributed by atoms with E-state index in [2.05, 4.69) is 25.2 Å². The monoisotopic (exact) mass is 269 g/mol. The lowest BCUT2D eigenvalue weighted by Crippen LogP contribution is -2.36. The molecule has 0 amide bonds. The predicted molar refractivity (Wildman–Crippen MR) is 79.6 cm³/mol. The number of hydrogen-bond donors (Lipinski definition) is 1. The molecule has 1 fully saturated rings. The van der Waals surface area contributed by atoms with Crippen LogP contribution in [-0.2, 0) is 0 Å². The Morgan fingerprint density at radius 1 is 1.25 bits per heavy atom. The van der Waals surface area contributed by atoms with E-state index in [4.69, 9.17) is 0 Å². The number of nitrogens with zero attached hydrogens (tertiary/aromatic N) is 4. The van der Waals surface area contributed by atoms with Crippen molar-refractivity contribution < 1.29 is 0 Å². The van der Waals surface area contributed by atoms with Gasteiger partial charge in [-0.2, -0.15) is 0 Å². The average Bonchev–Trinajstić information content (AvgIpc) is 3.01. The molecular formula is C15H19N5. The number of likely N-dealkylation sites (N-methyl/N-ethyl adjacent to an activating group) is 1. The molecule has 0 bridgehead atoms. The van der Waals surface area contributed by atoms with Crippen LogP contribution in [0.4, 0.5) is 5.95 Å². The zero-order valence-electron chi connectivity index (χ0n) is 11.7. The zero-order chi connectivity index (χ0) is 13.8. The Hall–Kier alpha value is -2.01. The normalized spacial score (nSPS) is 18.1. The van der Waals surface area contributed by atoms with Gasteiger partial charge in [-0.15, -0.1) is 0 Å². The molecule has 2 aromatic rings. The zero-order valence-corrected chi connectivity index (χ0v) is 11.7. The summed E-state index contributed by atoms with van der Waals surface area (Å²) in [6, 6.07) is 6.39. The van der Waals surface area contributed by atoms with E-state index >= 15 is 0 Å². The summed E-state index contributed by atoms with van der Waals surface area (Å²) in [6.07, 6.45) is 7.95. The van der Waals surface area contributed by atoms with E-state index < -0.39 is 0 Å². The highest BCUT2D eigenvalue weighted by molar-refractivity contribution is 5.57. The molecule has 0 spiro atoms. The molecule has 5 heteroatoms. The summed E-state index contributed by atoms with van der Waals surface area (Å²) in [4.78, 5) is 15.3. The molecule has 3 rings (SSSR count). The van der Waals surface area contributed by atoms with Crippen molar-refractivity contribution in [2.24, 2.45) is 0 Å². The third kappa shape index (κ3) is 2.93. The van der Waals surface area contributed by atoms with Gasteiger partial charge in [-0.3, -0.25) is 4.98 Å². The number of aromatic nitrogens is 3. The van der Waals surface area contributed by atoms with Gasteiger partial charge in [0.2, 0.25) is 5.95 Å². The van der Waals surface area contributed by atoms with E-state index in [9.17, 15) is 0 Å². The van der Waals surface area contributed by atoms with E-state index in [-0.39, 0.29) is 0 Å². The van der Waals surface area contributed by atoms with Gasteiger partial charge in [0.05, 0.1) is 5.69 Å². The highest BCUT2D eigenvalue weighted by Gasteiger charge is 2.17. The van der Waals surface area contributed by atoms with Crippen LogP contribution in [0, 0.1) is 0 Å². The Kier molecular flexibility index (Phi) is 3.87. The molecule has 3 heterocycles. The van der Waals surface area contributed by atoms with Crippen LogP contribution in [0.1, 0.15) is 12.8 Å². The van der Waals surface area contributed by atoms with Gasteiger partial charge in [0, 0.05) is 43.8 Å². The van der Waals surface area contributed by atoms with Crippen LogP contribution < -0.4 is 10.2 Å². The van der Waals surface area contributed by atoms with E-state index in [1.165, 1.54) is 12.8 Å². The lowest BCUT2D eigenvalue weighted by atomic mass is 10.2. The molecule has 0 radical (unpaired) electrons. The van der Waals surface area contributed by atoms with Crippen LogP contribution in [0.5, 0.6) is 0 Å². The van der Waals surface area contributed by atoms with Crippen molar-refractivity contribution in [1.29, 1.82) is 0 Å². The van der Waals surface area contributed by atoms with Gasteiger partial charge in [-0.05, 0) is 31.5 Å². The summed E-state index contributed by atoms with van der Waals surface area (Å²) in [5.41, 5.74) is 1.85. The van der Waals surface area contributed by atoms with Crippen LogP contribution in [0.25, 0.3) is 11.3 Å². The van der Waals surface area contributed by atoms with Gasteiger partial charge < -0.3 is 10.2 Å². The number of hydrogen-bond acceptors (Lipinski definition) is 5. The lowest BCUT2D eigenvalue weighted by molar-refractivity contribution is 0.594. The third-order valence-electron chi connectivity index (χ3n) is 3.60. The minimum absolute atomic E-state index is 0.555. The summed E-state index contributed by atoms with van der Waals surface area (Å²) in [5, 5.41) is 3.49. The van der Waals surface area contributed by atoms with Crippen molar-refractivity contribution in [2.75, 3.05) is 25.0 Å². The van der Waals surface area contributed by atoms with Gasteiger partial charge >= 0.3 is 0 Å². The van der Waals surface area contributed by atoms with Crippen molar-refractivity contribution in [1.82, 2.24) is 20.3 Å². The second kappa shape index (κ2) is 5.96. The molecule has 0 saturated carbocycles. The molecule has 5 nitrogen and oxygen atoms in total. The van der Waals surface area contributed by atoms with Gasteiger partial charge in [0.1, 0.15) is 0 Å². The fourth-order valence-electron chi connectivity index (χ4n) is 2.51. The third-order valence-corrected chi connectivity index (χ3v) is 3.60. The summed E-state index contributed by atoms with van der Waals surface area (Å²) in [6.45, 7) is 2.07. The van der Waals surface area contributed by atoms with Crippen LogP contribution in [-0.4, -0.2) is 41.1 Å². The van der Waals surface area contributed by atoms with Crippen LogP contribution >= 0.6 is 0 Å². The summed E-state index contributed by atoms with van der Waals surface area (Å²) in [7, 11) is 2.04. The Balaban J connectivity index is 1.69. The first-order valence-corrected chi connectivity index (χ1v) is 7.01. The molecule has 0 aromatic carbocycles. The molecule has 1 saturated heterocycles. The SMILES string of the molecule is CN(CC1CCCN1)c1ncc(-c2ccccn2)cn1. The van der Waals surface area contributed by atoms with Gasteiger partial charge in [0.25, 0.3) is 0 Å². The fraction of sp³-hybridized carbons (Fsp3) is 0.400. The average molecular weight is 269 g/mol. The van der Waals surface area contributed by atoms with E-state index in [1.54, 1.807) is 6.20 Å². The highest BCUT2D eigenvalue weighted by atomic mass is 15.2. The smallest absolute Gasteiger partial charge is 0.225 e. The molecule has 1 unspecified atom stereocenters. The van der Waals surface area contributed by atoms with E-state index in [0.29, 0.717) is 6.04 Å². The molecule has 1 aliphatic rings. The second-order valence-corrected chi connectivity index (χ2v) is 5.16. The standard InChI is InChI=1S/C15H19N5/c1-20(11-13-5-4-8-16-13)15-18-9-12(10-19-15)14-6-2-3-7-17-14/h2-3,6-7,9-10,13,16H,4-5,8,11H2,1H3. The summed E-state index contributed by atoms with van der Waals surface area (Å²) in [5.74, 6) is 0.762. The first kappa shape index (κ1) is 13.0. The Labute approximate surface area is 119 Å². The highest BCUT2D eigenvalue weighted by Crippen LogP contribution is 2.16. The van der Waals surface area contributed by atoms with Crippen molar-refractivity contribution in [3.8, 4) is 11.3 Å². The van der Waals surface area contributed by atoms with E-state index in [0.717, 1.165) is 30.3 Å². The molecule has 1 atom stereocenters. The predicted octanol–water partition coefficient (Wildman–Crippen LogP) is 1.73. The number of pyridine rings is 1. The number of rotatable bonds is 4. The van der Waals surface area contributed by atoms with Gasteiger partial charge in [-0.1, -0.05) is 6.07 Å². The Morgan fingerprint density at radius 2 is 2.10 bits per heavy atom. The fourth-order valence-corrected chi connectivity index (χ4v) is 2.51. The Morgan fingerprint density at radius 3 is 2.75 bits per heavy atom. The molecule has 1 aliphatic heterocycles. The van der Waals surface area contributed by atoms with Crippen LogP contribution in [0.2, 0.25) is 0 Å². The molecule has 0 aliphatic carbocycles. The molecular weight excluding hydrogens is 250 g/mol. The van der Waals surface area contributed by atoms with Gasteiger partial charge in [0.15, 0.2) is 0 Å². The van der Waals surface area contributed by atoms with Crippen molar-refractivity contribution in [3.63, 3.8) is 0 Å². The quantitative estimate of drug-likeness (QED) is 0.916. The number of anilines is 1. The topological polar surface area (TPSA) is 53.9 Å². The van der Waals surface area contributed by atoms with Gasteiger partial charge in [-0.25, -0.2) is 9.97 Å². The molecule has 1 N–H and O–H groups in total. The van der Waals surface area contributed by atoms with Crippen LogP contribution in [0.15, 0.2) is 36.8 Å². The van der Waals surface area contributed by atoms with Crippen molar-refractivity contribution in [2.45, 2.75) is 18.9 Å². The van der Waals surface area contributed by atoms with E-state index in [1.807, 2.05) is 37.6 Å². The maximum Gasteiger partial charge on any atom is 0.225 e. The van der Waals surface area contributed by atoms with Crippen molar-refractivity contribution >= 4 is 5.95 Å². The first-order chi connectivity index (χ1) is 9.83. The molecule has 20 heavy (non-hydrogen) atoms. The maximum absolute atomic E-state index is 4.44. The Bertz CT molecular complexity index is 534. The maximum atomic E-state index is 4.44. The minimum Gasteiger partial charge on any atom is -0.342 e. The molecule has 2 aromatic heterocycles. The first-order valence-electron chi connectivity index (χ1n) is 7.01. The minimum atomic E-state index is 0.555. The lowest BCUT2D eigenvalue weighted by Gasteiger charge is -2.21. The van der Waals surface area contributed by atoms with Crippen LogP contribution in [0.3, 0.4) is 0 Å². The summed E-state index contributed by atoms with van der Waals surface area (Å²) >= 11 is 0. The summed E-state index contributed by atoms with van der Waals surface area (Å²) < 4.78 is 0. The number of nitrogens with one attached hydrogen (secondary N) is 1. The largest absolute Gasteiger partial charge is 0.342 e. The molecule has 104 valence electrons.